The fraction of sp³-hybridized carbons (Fsp3) is 0.273. The van der Waals surface area contributed by atoms with Gasteiger partial charge in [-0.25, -0.2) is 9.18 Å². The molecule has 0 radical (unpaired) electrons. The van der Waals surface area contributed by atoms with Crippen LogP contribution in [0.1, 0.15) is 6.92 Å². The molecule has 156 valence electrons. The van der Waals surface area contributed by atoms with Gasteiger partial charge in [-0.15, -0.1) is 0 Å². The van der Waals surface area contributed by atoms with Gasteiger partial charge >= 0.3 is 6.03 Å². The highest BCUT2D eigenvalue weighted by Crippen LogP contribution is 2.18. The van der Waals surface area contributed by atoms with Crippen LogP contribution >= 0.6 is 0 Å². The Morgan fingerprint density at radius 2 is 1.77 bits per heavy atom. The second-order valence-electron chi connectivity index (χ2n) is 7.39. The number of rotatable bonds is 4. The van der Waals surface area contributed by atoms with Crippen LogP contribution in [-0.4, -0.2) is 54.0 Å². The number of halogens is 1. The Morgan fingerprint density at radius 1 is 1.03 bits per heavy atom. The Kier molecular flexibility index (Phi) is 5.56. The van der Waals surface area contributed by atoms with Gasteiger partial charge in [0.25, 0.3) is 0 Å². The molecule has 4 rings (SSSR count). The van der Waals surface area contributed by atoms with Crippen molar-refractivity contribution in [3.63, 3.8) is 0 Å². The molecule has 3 aromatic rings. The number of carbonyl (C=O) groups is 2. The third-order valence-corrected chi connectivity index (χ3v) is 5.31. The minimum absolute atomic E-state index is 0.266. The first-order valence-electron chi connectivity index (χ1n) is 9.93. The van der Waals surface area contributed by atoms with Crippen molar-refractivity contribution in [2.24, 2.45) is 0 Å². The lowest BCUT2D eigenvalue weighted by Crippen LogP contribution is -2.54. The smallest absolute Gasteiger partial charge is 0.318 e. The maximum atomic E-state index is 13.1. The van der Waals surface area contributed by atoms with Gasteiger partial charge in [0.15, 0.2) is 0 Å². The highest BCUT2D eigenvalue weighted by molar-refractivity contribution is 5.98. The lowest BCUT2D eigenvalue weighted by molar-refractivity contribution is -0.117. The normalized spacial score (nSPS) is 15.1. The monoisotopic (exact) mass is 409 g/mol. The number of anilines is 2. The molecule has 1 atom stereocenters. The molecule has 1 fully saturated rings. The Bertz CT molecular complexity index is 1040. The third-order valence-electron chi connectivity index (χ3n) is 5.31. The maximum absolute atomic E-state index is 13.1. The first-order valence-corrected chi connectivity index (χ1v) is 9.93. The molecule has 3 amide bonds. The highest BCUT2D eigenvalue weighted by Gasteiger charge is 2.24. The zero-order chi connectivity index (χ0) is 21.1. The summed E-state index contributed by atoms with van der Waals surface area (Å²) in [7, 11) is 0. The van der Waals surface area contributed by atoms with Crippen molar-refractivity contribution >= 4 is 34.2 Å². The molecule has 8 heteroatoms. The summed E-state index contributed by atoms with van der Waals surface area (Å²) < 4.78 is 13.1. The zero-order valence-corrected chi connectivity index (χ0v) is 16.7. The van der Waals surface area contributed by atoms with Gasteiger partial charge in [-0.3, -0.25) is 4.79 Å². The van der Waals surface area contributed by atoms with E-state index in [1.165, 1.54) is 12.1 Å². The molecule has 0 bridgehead atoms. The minimum Gasteiger partial charge on any atom is -0.368 e. The summed E-state index contributed by atoms with van der Waals surface area (Å²) in [6, 6.07) is 12.9. The SMILES string of the molecule is CC(NC(=O)N1CCN(c2ccc(F)cc2)CC1)C(=O)Nc1ccc2[nH]ccc2c1. The van der Waals surface area contributed by atoms with Gasteiger partial charge in [-0.2, -0.15) is 0 Å². The molecule has 1 aliphatic heterocycles. The molecular formula is C22H24FN5O2. The summed E-state index contributed by atoms with van der Waals surface area (Å²) in [6.45, 7) is 4.02. The molecule has 7 nitrogen and oxygen atoms in total. The standard InChI is InChI=1S/C22H24FN5O2/c1-15(21(29)26-18-4-7-20-16(14-18)8-9-24-20)25-22(30)28-12-10-27(11-13-28)19-5-2-17(23)3-6-19/h2-9,14-15,24H,10-13H2,1H3,(H,25,30)(H,26,29). The number of carbonyl (C=O) groups excluding carboxylic acids is 2. The second kappa shape index (κ2) is 8.44. The number of benzene rings is 2. The van der Waals surface area contributed by atoms with Crippen LogP contribution in [0.3, 0.4) is 0 Å². The van der Waals surface area contributed by atoms with Crippen molar-refractivity contribution in [2.45, 2.75) is 13.0 Å². The van der Waals surface area contributed by atoms with Gasteiger partial charge in [0, 0.05) is 54.7 Å². The largest absolute Gasteiger partial charge is 0.368 e. The van der Waals surface area contributed by atoms with Crippen LogP contribution in [0.25, 0.3) is 10.9 Å². The second-order valence-corrected chi connectivity index (χ2v) is 7.39. The fourth-order valence-electron chi connectivity index (χ4n) is 3.54. The van der Waals surface area contributed by atoms with Crippen molar-refractivity contribution in [1.82, 2.24) is 15.2 Å². The molecule has 0 aliphatic carbocycles. The number of nitrogens with zero attached hydrogens (tertiary/aromatic N) is 2. The van der Waals surface area contributed by atoms with E-state index in [1.54, 1.807) is 24.0 Å². The molecule has 1 aliphatic rings. The first kappa shape index (κ1) is 19.8. The molecule has 0 saturated carbocycles. The average Bonchev–Trinajstić information content (AvgIpc) is 3.22. The molecule has 1 aromatic heterocycles. The quantitative estimate of drug-likeness (QED) is 0.619. The van der Waals surface area contributed by atoms with Crippen LogP contribution < -0.4 is 15.5 Å². The highest BCUT2D eigenvalue weighted by atomic mass is 19.1. The lowest BCUT2D eigenvalue weighted by atomic mass is 10.2. The first-order chi connectivity index (χ1) is 14.5. The van der Waals surface area contributed by atoms with Gasteiger partial charge in [-0.1, -0.05) is 0 Å². The molecule has 1 saturated heterocycles. The number of hydrogen-bond donors (Lipinski definition) is 3. The number of aromatic nitrogens is 1. The summed E-state index contributed by atoms with van der Waals surface area (Å²) >= 11 is 0. The summed E-state index contributed by atoms with van der Waals surface area (Å²) in [5, 5.41) is 6.61. The van der Waals surface area contributed by atoms with Crippen LogP contribution in [-0.2, 0) is 4.79 Å². The van der Waals surface area contributed by atoms with Crippen LogP contribution in [0.2, 0.25) is 0 Å². The van der Waals surface area contributed by atoms with E-state index in [9.17, 15) is 14.0 Å². The fourth-order valence-corrected chi connectivity index (χ4v) is 3.54. The van der Waals surface area contributed by atoms with Gasteiger partial charge in [0.2, 0.25) is 5.91 Å². The van der Waals surface area contributed by atoms with E-state index in [4.69, 9.17) is 0 Å². The van der Waals surface area contributed by atoms with Crippen LogP contribution in [0.15, 0.2) is 54.7 Å². The number of hydrogen-bond acceptors (Lipinski definition) is 3. The number of H-pyrrole nitrogens is 1. The van der Waals surface area contributed by atoms with E-state index in [2.05, 4.69) is 20.5 Å². The molecule has 2 heterocycles. The van der Waals surface area contributed by atoms with Gasteiger partial charge < -0.3 is 25.4 Å². The van der Waals surface area contributed by atoms with Gasteiger partial charge in [0.05, 0.1) is 0 Å². The topological polar surface area (TPSA) is 80.5 Å². The van der Waals surface area contributed by atoms with Gasteiger partial charge in [0.1, 0.15) is 11.9 Å². The number of urea groups is 1. The number of aromatic amines is 1. The number of fused-ring (bicyclic) bond motifs is 1. The Morgan fingerprint density at radius 3 is 2.50 bits per heavy atom. The number of piperazine rings is 1. The van der Waals surface area contributed by atoms with E-state index in [0.29, 0.717) is 31.9 Å². The third kappa shape index (κ3) is 4.37. The molecule has 1 unspecified atom stereocenters. The number of amides is 3. The molecule has 2 aromatic carbocycles. The summed E-state index contributed by atoms with van der Waals surface area (Å²) in [5.41, 5.74) is 2.61. The van der Waals surface area contributed by atoms with Crippen molar-refractivity contribution in [1.29, 1.82) is 0 Å². The van der Waals surface area contributed by atoms with Crippen LogP contribution in [0.5, 0.6) is 0 Å². The molecule has 3 N–H and O–H groups in total. The van der Waals surface area contributed by atoms with Crippen molar-refractivity contribution < 1.29 is 14.0 Å². The Hall–Kier alpha value is -3.55. The zero-order valence-electron chi connectivity index (χ0n) is 16.7. The van der Waals surface area contributed by atoms with Crippen molar-refractivity contribution in [3.8, 4) is 0 Å². The summed E-state index contributed by atoms with van der Waals surface area (Å²) in [6.07, 6.45) is 1.84. The van der Waals surface area contributed by atoms with E-state index in [1.807, 2.05) is 30.5 Å². The summed E-state index contributed by atoms with van der Waals surface area (Å²) in [4.78, 5) is 31.9. The van der Waals surface area contributed by atoms with Crippen molar-refractivity contribution in [3.05, 3.63) is 60.5 Å². The Labute approximate surface area is 173 Å². The molecule has 30 heavy (non-hydrogen) atoms. The van der Waals surface area contributed by atoms with E-state index < -0.39 is 6.04 Å². The number of nitrogens with one attached hydrogen (secondary N) is 3. The minimum atomic E-state index is -0.672. The van der Waals surface area contributed by atoms with Crippen LogP contribution in [0.4, 0.5) is 20.6 Å². The predicted octanol–water partition coefficient (Wildman–Crippen LogP) is 3.17. The van der Waals surface area contributed by atoms with Crippen molar-refractivity contribution in [2.75, 3.05) is 36.4 Å². The average molecular weight is 409 g/mol. The van der Waals surface area contributed by atoms with E-state index >= 15 is 0 Å². The van der Waals surface area contributed by atoms with Crippen LogP contribution in [0, 0.1) is 5.82 Å². The predicted molar refractivity (Wildman–Crippen MR) is 115 cm³/mol. The Balaban J connectivity index is 1.27. The lowest BCUT2D eigenvalue weighted by Gasteiger charge is -2.36. The molecule has 0 spiro atoms. The molecular weight excluding hydrogens is 385 g/mol. The van der Waals surface area contributed by atoms with E-state index in [0.717, 1.165) is 16.6 Å². The van der Waals surface area contributed by atoms with Gasteiger partial charge in [-0.05, 0) is 55.5 Å². The maximum Gasteiger partial charge on any atom is 0.318 e. The summed E-state index contributed by atoms with van der Waals surface area (Å²) in [5.74, 6) is -0.541. The van der Waals surface area contributed by atoms with E-state index in [-0.39, 0.29) is 17.8 Å².